The van der Waals surface area contributed by atoms with E-state index in [0.29, 0.717) is 0 Å². The number of nitrogens with zero attached hydrogens (tertiary/aromatic N) is 3. The van der Waals surface area contributed by atoms with E-state index in [0.717, 1.165) is 34.5 Å². The third-order valence-corrected chi connectivity index (χ3v) is 4.35. The van der Waals surface area contributed by atoms with E-state index in [1.165, 1.54) is 0 Å². The van der Waals surface area contributed by atoms with Crippen LogP contribution in [-0.4, -0.2) is 41.1 Å². The Balaban J connectivity index is 2.11. The lowest BCUT2D eigenvalue weighted by molar-refractivity contribution is -0.137. The van der Waals surface area contributed by atoms with Crippen molar-refractivity contribution >= 4 is 34.2 Å². The van der Waals surface area contributed by atoms with E-state index in [9.17, 15) is 4.79 Å². The molecular formula is C10H17N3O2S2. The van der Waals surface area contributed by atoms with Crippen molar-refractivity contribution in [3.63, 3.8) is 0 Å². The summed E-state index contributed by atoms with van der Waals surface area (Å²) in [6.45, 7) is 0. The zero-order valence-electron chi connectivity index (χ0n) is 10.0. The van der Waals surface area contributed by atoms with Gasteiger partial charge in [0.25, 0.3) is 0 Å². The fourth-order valence-electron chi connectivity index (χ4n) is 1.16. The first-order chi connectivity index (χ1) is 8.09. The van der Waals surface area contributed by atoms with Crippen LogP contribution in [0.25, 0.3) is 0 Å². The number of carboxylic acid groups (broad SMARTS) is 1. The monoisotopic (exact) mass is 275 g/mol. The van der Waals surface area contributed by atoms with Gasteiger partial charge in [0.15, 0.2) is 4.34 Å². The summed E-state index contributed by atoms with van der Waals surface area (Å²) in [6.07, 6.45) is 3.01. The molecule has 0 aliphatic carbocycles. The van der Waals surface area contributed by atoms with Crippen LogP contribution in [0.2, 0.25) is 0 Å². The number of carboxylic acids is 1. The summed E-state index contributed by atoms with van der Waals surface area (Å²) in [6, 6.07) is 0. The maximum atomic E-state index is 10.3. The molecule has 0 spiro atoms. The number of hydrogen-bond donors (Lipinski definition) is 1. The second-order valence-corrected chi connectivity index (χ2v) is 6.10. The molecule has 0 radical (unpaired) electrons. The standard InChI is InChI=1S/C10H17N3O2S2/c1-13(2)9-11-12-10(17-9)16-7-5-3-4-6-8(14)15/h3-7H2,1-2H3,(H,14,15). The number of aliphatic carboxylic acids is 1. The summed E-state index contributed by atoms with van der Waals surface area (Å²) >= 11 is 3.27. The lowest BCUT2D eigenvalue weighted by Gasteiger charge is -2.03. The number of aromatic nitrogens is 2. The van der Waals surface area contributed by atoms with Crippen molar-refractivity contribution in [3.8, 4) is 0 Å². The molecule has 1 aromatic rings. The van der Waals surface area contributed by atoms with Gasteiger partial charge in [-0.2, -0.15) is 0 Å². The van der Waals surface area contributed by atoms with Gasteiger partial charge in [-0.1, -0.05) is 29.5 Å². The minimum atomic E-state index is -0.711. The van der Waals surface area contributed by atoms with Crippen LogP contribution < -0.4 is 4.90 Å². The van der Waals surface area contributed by atoms with Gasteiger partial charge < -0.3 is 10.0 Å². The first-order valence-corrected chi connectivity index (χ1v) is 7.25. The molecule has 7 heteroatoms. The third kappa shape index (κ3) is 5.88. The summed E-state index contributed by atoms with van der Waals surface area (Å²) in [7, 11) is 3.89. The fraction of sp³-hybridized carbons (Fsp3) is 0.700. The smallest absolute Gasteiger partial charge is 0.303 e. The number of thioether (sulfide) groups is 1. The number of rotatable bonds is 8. The maximum Gasteiger partial charge on any atom is 0.303 e. The Hall–Kier alpha value is -0.820. The highest BCUT2D eigenvalue weighted by molar-refractivity contribution is 8.01. The van der Waals surface area contributed by atoms with Gasteiger partial charge in [0.1, 0.15) is 0 Å². The second kappa shape index (κ2) is 7.50. The van der Waals surface area contributed by atoms with Gasteiger partial charge in [-0.15, -0.1) is 10.2 Å². The van der Waals surface area contributed by atoms with E-state index in [1.807, 2.05) is 19.0 Å². The third-order valence-electron chi connectivity index (χ3n) is 2.04. The quantitative estimate of drug-likeness (QED) is 0.580. The van der Waals surface area contributed by atoms with Crippen LogP contribution in [0, 0.1) is 0 Å². The van der Waals surface area contributed by atoms with Crippen LogP contribution in [0.3, 0.4) is 0 Å². The van der Waals surface area contributed by atoms with Gasteiger partial charge in [-0.25, -0.2) is 0 Å². The predicted molar refractivity (Wildman–Crippen MR) is 71.1 cm³/mol. The number of carbonyl (C=O) groups is 1. The molecule has 1 heterocycles. The zero-order chi connectivity index (χ0) is 12.7. The Morgan fingerprint density at radius 3 is 2.71 bits per heavy atom. The van der Waals surface area contributed by atoms with E-state index in [-0.39, 0.29) is 6.42 Å². The summed E-state index contributed by atoms with van der Waals surface area (Å²) in [5.41, 5.74) is 0. The molecule has 1 N–H and O–H groups in total. The van der Waals surface area contributed by atoms with Crippen LogP contribution in [0.15, 0.2) is 4.34 Å². The first kappa shape index (κ1) is 14.2. The average molecular weight is 275 g/mol. The maximum absolute atomic E-state index is 10.3. The number of unbranched alkanes of at least 4 members (excludes halogenated alkanes) is 2. The van der Waals surface area contributed by atoms with Crippen molar-refractivity contribution in [1.82, 2.24) is 10.2 Å². The van der Waals surface area contributed by atoms with E-state index >= 15 is 0 Å². The van der Waals surface area contributed by atoms with Gasteiger partial charge >= 0.3 is 5.97 Å². The van der Waals surface area contributed by atoms with Crippen molar-refractivity contribution in [2.75, 3.05) is 24.7 Å². The van der Waals surface area contributed by atoms with Crippen molar-refractivity contribution < 1.29 is 9.90 Å². The van der Waals surface area contributed by atoms with Crippen molar-refractivity contribution in [1.29, 1.82) is 0 Å². The Bertz CT molecular complexity index is 355. The highest BCUT2D eigenvalue weighted by Gasteiger charge is 2.05. The van der Waals surface area contributed by atoms with Gasteiger partial charge in [-0.05, 0) is 12.8 Å². The molecule has 1 rings (SSSR count). The highest BCUT2D eigenvalue weighted by Crippen LogP contribution is 2.27. The van der Waals surface area contributed by atoms with E-state index in [2.05, 4.69) is 10.2 Å². The molecule has 96 valence electrons. The highest BCUT2D eigenvalue weighted by atomic mass is 32.2. The zero-order valence-corrected chi connectivity index (χ0v) is 11.7. The van der Waals surface area contributed by atoms with Gasteiger partial charge in [0, 0.05) is 26.3 Å². The van der Waals surface area contributed by atoms with Crippen LogP contribution in [-0.2, 0) is 4.79 Å². The molecule has 0 amide bonds. The summed E-state index contributed by atoms with van der Waals surface area (Å²) in [4.78, 5) is 12.2. The second-order valence-electron chi connectivity index (χ2n) is 3.80. The van der Waals surface area contributed by atoms with Gasteiger partial charge in [-0.3, -0.25) is 4.79 Å². The number of anilines is 1. The normalized spacial score (nSPS) is 10.5. The largest absolute Gasteiger partial charge is 0.481 e. The van der Waals surface area contributed by atoms with Crippen LogP contribution in [0.5, 0.6) is 0 Å². The minimum Gasteiger partial charge on any atom is -0.481 e. The lowest BCUT2D eigenvalue weighted by atomic mass is 10.2. The van der Waals surface area contributed by atoms with E-state index < -0.39 is 5.97 Å². The minimum absolute atomic E-state index is 0.272. The van der Waals surface area contributed by atoms with E-state index in [4.69, 9.17) is 5.11 Å². The molecule has 0 atom stereocenters. The predicted octanol–water partition coefficient (Wildman–Crippen LogP) is 2.34. The molecule has 0 fully saturated rings. The molecule has 0 aliphatic rings. The molecule has 17 heavy (non-hydrogen) atoms. The van der Waals surface area contributed by atoms with Crippen molar-refractivity contribution in [2.45, 2.75) is 30.0 Å². The first-order valence-electron chi connectivity index (χ1n) is 5.45. The summed E-state index contributed by atoms with van der Waals surface area (Å²) < 4.78 is 0.979. The molecule has 5 nitrogen and oxygen atoms in total. The molecule has 0 unspecified atom stereocenters. The number of hydrogen-bond acceptors (Lipinski definition) is 6. The van der Waals surface area contributed by atoms with Crippen molar-refractivity contribution in [3.05, 3.63) is 0 Å². The van der Waals surface area contributed by atoms with Crippen LogP contribution >= 0.6 is 23.1 Å². The van der Waals surface area contributed by atoms with Gasteiger partial charge in [0.2, 0.25) is 5.13 Å². The Morgan fingerprint density at radius 2 is 2.12 bits per heavy atom. The van der Waals surface area contributed by atoms with Gasteiger partial charge in [0.05, 0.1) is 0 Å². The van der Waals surface area contributed by atoms with Crippen LogP contribution in [0.1, 0.15) is 25.7 Å². The Morgan fingerprint density at radius 1 is 1.35 bits per heavy atom. The molecule has 1 aromatic heterocycles. The molecule has 0 aromatic carbocycles. The Labute approximate surface area is 109 Å². The molecule has 0 saturated carbocycles. The summed E-state index contributed by atoms with van der Waals surface area (Å²) in [5.74, 6) is 0.263. The van der Waals surface area contributed by atoms with Crippen molar-refractivity contribution in [2.24, 2.45) is 0 Å². The Kier molecular flexibility index (Phi) is 6.28. The lowest BCUT2D eigenvalue weighted by Crippen LogP contribution is -2.07. The van der Waals surface area contributed by atoms with E-state index in [1.54, 1.807) is 23.1 Å². The molecule has 0 aliphatic heterocycles. The SMILES string of the molecule is CN(C)c1nnc(SCCCCCC(=O)O)s1. The molecular weight excluding hydrogens is 258 g/mol. The fourth-order valence-corrected chi connectivity index (χ4v) is 2.99. The summed E-state index contributed by atoms with van der Waals surface area (Å²) in [5, 5.41) is 17.5. The topological polar surface area (TPSA) is 66.3 Å². The molecule has 0 saturated heterocycles. The average Bonchev–Trinajstić information content (AvgIpc) is 2.71. The molecule has 0 bridgehead atoms. The van der Waals surface area contributed by atoms with Crippen LogP contribution in [0.4, 0.5) is 5.13 Å².